The van der Waals surface area contributed by atoms with Crippen molar-refractivity contribution in [1.82, 2.24) is 20.1 Å². The molecule has 0 aliphatic carbocycles. The third-order valence-electron chi connectivity index (χ3n) is 4.00. The first-order chi connectivity index (χ1) is 11.8. The molecule has 0 bridgehead atoms. The van der Waals surface area contributed by atoms with E-state index in [0.29, 0.717) is 19.5 Å². The fraction of sp³-hybridized carbons (Fsp3) is 0.500. The molecule has 1 aromatic heterocycles. The van der Waals surface area contributed by atoms with Crippen LogP contribution >= 0.6 is 0 Å². The van der Waals surface area contributed by atoms with Gasteiger partial charge in [-0.2, -0.15) is 5.10 Å². The Labute approximate surface area is 148 Å². The minimum atomic E-state index is -0.254. The van der Waals surface area contributed by atoms with Crippen molar-refractivity contribution in [3.63, 3.8) is 0 Å². The van der Waals surface area contributed by atoms with Gasteiger partial charge in [0.05, 0.1) is 6.54 Å². The zero-order chi connectivity index (χ0) is 18.4. The van der Waals surface area contributed by atoms with Crippen molar-refractivity contribution in [3.05, 3.63) is 41.5 Å². The number of urea groups is 1. The average Bonchev–Trinajstić information content (AvgIpc) is 2.83. The monoisotopic (exact) mass is 345 g/mol. The SMILES string of the molecule is Cc1nc(C)n(Cc2cccc(NC(=O)NCC(C)(C)CCO)c2)n1. The molecule has 0 unspecified atom stereocenters. The van der Waals surface area contributed by atoms with Gasteiger partial charge in [0.25, 0.3) is 0 Å². The summed E-state index contributed by atoms with van der Waals surface area (Å²) in [4.78, 5) is 16.4. The van der Waals surface area contributed by atoms with E-state index in [0.717, 1.165) is 22.9 Å². The maximum absolute atomic E-state index is 12.1. The highest BCUT2D eigenvalue weighted by Crippen LogP contribution is 2.18. The van der Waals surface area contributed by atoms with Gasteiger partial charge in [-0.1, -0.05) is 26.0 Å². The number of amides is 2. The van der Waals surface area contributed by atoms with Crippen LogP contribution in [0.5, 0.6) is 0 Å². The van der Waals surface area contributed by atoms with Crippen LogP contribution in [0.4, 0.5) is 10.5 Å². The highest BCUT2D eigenvalue weighted by Gasteiger charge is 2.18. The van der Waals surface area contributed by atoms with Gasteiger partial charge in [0.1, 0.15) is 11.6 Å². The number of aliphatic hydroxyl groups is 1. The van der Waals surface area contributed by atoms with E-state index in [2.05, 4.69) is 20.7 Å². The molecule has 25 heavy (non-hydrogen) atoms. The van der Waals surface area contributed by atoms with Crippen molar-refractivity contribution < 1.29 is 9.90 Å². The Balaban J connectivity index is 1.94. The molecule has 1 aromatic carbocycles. The van der Waals surface area contributed by atoms with Gasteiger partial charge in [0.15, 0.2) is 0 Å². The number of benzene rings is 1. The van der Waals surface area contributed by atoms with Gasteiger partial charge in [-0.25, -0.2) is 14.5 Å². The van der Waals surface area contributed by atoms with Crippen LogP contribution in [0.2, 0.25) is 0 Å². The number of nitrogens with one attached hydrogen (secondary N) is 2. The third kappa shape index (κ3) is 5.86. The summed E-state index contributed by atoms with van der Waals surface area (Å²) in [6.07, 6.45) is 0.638. The number of anilines is 1. The van der Waals surface area contributed by atoms with Crippen molar-refractivity contribution in [2.24, 2.45) is 5.41 Å². The molecule has 0 radical (unpaired) electrons. The first-order valence-electron chi connectivity index (χ1n) is 8.42. The fourth-order valence-electron chi connectivity index (χ4n) is 2.52. The molecule has 0 saturated heterocycles. The number of nitrogens with zero attached hydrogens (tertiary/aromatic N) is 3. The van der Waals surface area contributed by atoms with Gasteiger partial charge in [0, 0.05) is 18.8 Å². The van der Waals surface area contributed by atoms with E-state index >= 15 is 0 Å². The Morgan fingerprint density at radius 1 is 1.32 bits per heavy atom. The molecule has 1 heterocycles. The van der Waals surface area contributed by atoms with Crippen molar-refractivity contribution in [2.45, 2.75) is 40.7 Å². The average molecular weight is 345 g/mol. The number of rotatable bonds is 7. The molecular formula is C18H27N5O2. The Morgan fingerprint density at radius 3 is 2.72 bits per heavy atom. The molecule has 2 amide bonds. The minimum absolute atomic E-state index is 0.111. The lowest BCUT2D eigenvalue weighted by atomic mass is 9.90. The smallest absolute Gasteiger partial charge is 0.319 e. The van der Waals surface area contributed by atoms with Gasteiger partial charge in [0.2, 0.25) is 0 Å². The standard InChI is InChI=1S/C18H27N5O2/c1-13-20-14(2)23(22-13)11-15-6-5-7-16(10-15)21-17(25)19-12-18(3,4)8-9-24/h5-7,10,24H,8-9,11-12H2,1-4H3,(H2,19,21,25). The number of hydrogen-bond acceptors (Lipinski definition) is 4. The van der Waals surface area contributed by atoms with E-state index in [1.54, 1.807) is 0 Å². The summed E-state index contributed by atoms with van der Waals surface area (Å²) in [7, 11) is 0. The van der Waals surface area contributed by atoms with Gasteiger partial charge in [-0.05, 0) is 43.4 Å². The summed E-state index contributed by atoms with van der Waals surface area (Å²) in [5, 5.41) is 19.1. The van der Waals surface area contributed by atoms with Gasteiger partial charge < -0.3 is 15.7 Å². The van der Waals surface area contributed by atoms with Crippen LogP contribution in [0.3, 0.4) is 0 Å². The van der Waals surface area contributed by atoms with Crippen LogP contribution in [0.15, 0.2) is 24.3 Å². The van der Waals surface area contributed by atoms with E-state index in [1.165, 1.54) is 0 Å². The molecule has 2 rings (SSSR count). The van der Waals surface area contributed by atoms with Crippen LogP contribution in [0, 0.1) is 19.3 Å². The van der Waals surface area contributed by atoms with Gasteiger partial charge in [-0.3, -0.25) is 0 Å². The second-order valence-electron chi connectivity index (χ2n) is 7.01. The number of carbonyl (C=O) groups excluding carboxylic acids is 1. The number of carbonyl (C=O) groups is 1. The van der Waals surface area contributed by atoms with E-state index in [9.17, 15) is 4.79 Å². The molecule has 2 aromatic rings. The van der Waals surface area contributed by atoms with Crippen molar-refractivity contribution in [1.29, 1.82) is 0 Å². The number of hydrogen-bond donors (Lipinski definition) is 3. The van der Waals surface area contributed by atoms with Gasteiger partial charge in [-0.15, -0.1) is 0 Å². The lowest BCUT2D eigenvalue weighted by molar-refractivity contribution is 0.204. The number of aliphatic hydroxyl groups excluding tert-OH is 1. The summed E-state index contributed by atoms with van der Waals surface area (Å²) < 4.78 is 1.84. The number of aromatic nitrogens is 3. The quantitative estimate of drug-likeness (QED) is 0.719. The molecule has 0 aliphatic rings. The summed E-state index contributed by atoms with van der Waals surface area (Å²) >= 11 is 0. The predicted octanol–water partition coefficient (Wildman–Crippen LogP) is 2.47. The third-order valence-corrected chi connectivity index (χ3v) is 4.00. The summed E-state index contributed by atoms with van der Waals surface area (Å²) in [6.45, 7) is 9.01. The zero-order valence-electron chi connectivity index (χ0n) is 15.3. The molecule has 7 nitrogen and oxygen atoms in total. The lowest BCUT2D eigenvalue weighted by Gasteiger charge is -2.23. The maximum Gasteiger partial charge on any atom is 0.319 e. The molecule has 7 heteroatoms. The highest BCUT2D eigenvalue weighted by molar-refractivity contribution is 5.89. The highest BCUT2D eigenvalue weighted by atomic mass is 16.3. The zero-order valence-corrected chi connectivity index (χ0v) is 15.3. The van der Waals surface area contributed by atoms with Crippen LogP contribution in [-0.2, 0) is 6.54 Å². The normalized spacial score (nSPS) is 11.4. The van der Waals surface area contributed by atoms with Crippen LogP contribution < -0.4 is 10.6 Å². The molecule has 0 aliphatic heterocycles. The molecule has 136 valence electrons. The topological polar surface area (TPSA) is 92.1 Å². The maximum atomic E-state index is 12.1. The fourth-order valence-corrected chi connectivity index (χ4v) is 2.52. The Hall–Kier alpha value is -2.41. The van der Waals surface area contributed by atoms with Crippen molar-refractivity contribution >= 4 is 11.7 Å². The second kappa shape index (κ2) is 8.11. The van der Waals surface area contributed by atoms with Crippen molar-refractivity contribution in [2.75, 3.05) is 18.5 Å². The van der Waals surface area contributed by atoms with Gasteiger partial charge >= 0.3 is 6.03 Å². The van der Waals surface area contributed by atoms with E-state index in [1.807, 2.05) is 56.6 Å². The Kier molecular flexibility index (Phi) is 6.14. The molecule has 0 atom stereocenters. The van der Waals surface area contributed by atoms with E-state index < -0.39 is 0 Å². The van der Waals surface area contributed by atoms with Crippen LogP contribution in [-0.4, -0.2) is 39.1 Å². The number of aryl methyl sites for hydroxylation is 2. The second-order valence-corrected chi connectivity index (χ2v) is 7.01. The Morgan fingerprint density at radius 2 is 2.08 bits per heavy atom. The molecule has 0 fully saturated rings. The summed E-state index contributed by atoms with van der Waals surface area (Å²) in [5.74, 6) is 1.61. The molecule has 0 spiro atoms. The predicted molar refractivity (Wildman–Crippen MR) is 97.5 cm³/mol. The van der Waals surface area contributed by atoms with Crippen LogP contribution in [0.25, 0.3) is 0 Å². The first kappa shape index (κ1) is 18.9. The van der Waals surface area contributed by atoms with E-state index in [-0.39, 0.29) is 18.1 Å². The van der Waals surface area contributed by atoms with Crippen molar-refractivity contribution in [3.8, 4) is 0 Å². The Bertz CT molecular complexity index is 724. The molecular weight excluding hydrogens is 318 g/mol. The first-order valence-corrected chi connectivity index (χ1v) is 8.42. The van der Waals surface area contributed by atoms with E-state index in [4.69, 9.17) is 5.11 Å². The summed E-state index contributed by atoms with van der Waals surface area (Å²) in [5.41, 5.74) is 1.62. The largest absolute Gasteiger partial charge is 0.396 e. The van der Waals surface area contributed by atoms with Crippen LogP contribution in [0.1, 0.15) is 37.5 Å². The lowest BCUT2D eigenvalue weighted by Crippen LogP contribution is -2.37. The summed E-state index contributed by atoms with van der Waals surface area (Å²) in [6, 6.07) is 7.41. The molecule has 3 N–H and O–H groups in total. The minimum Gasteiger partial charge on any atom is -0.396 e. The molecule has 0 saturated carbocycles.